The molecule has 4 heterocycles. The molecule has 0 bridgehead atoms. The van der Waals surface area contributed by atoms with Crippen molar-refractivity contribution < 1.29 is 28.2 Å². The van der Waals surface area contributed by atoms with Crippen LogP contribution in [0.25, 0.3) is 0 Å². The first kappa shape index (κ1) is 28.9. The van der Waals surface area contributed by atoms with Crippen molar-refractivity contribution in [3.8, 4) is 5.88 Å². The van der Waals surface area contributed by atoms with Crippen LogP contribution < -0.4 is 10.1 Å². The monoisotopic (exact) mass is 567 g/mol. The Balaban J connectivity index is 1.37. The molecule has 3 amide bonds. The molecule has 2 saturated heterocycles. The molecule has 1 aromatic carbocycles. The molecule has 10 nitrogen and oxygen atoms in total. The summed E-state index contributed by atoms with van der Waals surface area (Å²) >= 11 is 0. The second kappa shape index (κ2) is 12.1. The van der Waals surface area contributed by atoms with Crippen molar-refractivity contribution in [3.05, 3.63) is 59.5 Å². The normalized spacial score (nSPS) is 24.1. The van der Waals surface area contributed by atoms with Crippen LogP contribution in [-0.4, -0.2) is 102 Å². The largest absolute Gasteiger partial charge is 0.475 e. The Morgan fingerprint density at radius 1 is 1.10 bits per heavy atom. The van der Waals surface area contributed by atoms with Crippen LogP contribution in [0.2, 0.25) is 0 Å². The zero-order chi connectivity index (χ0) is 29.1. The second-order valence-corrected chi connectivity index (χ2v) is 12.2. The van der Waals surface area contributed by atoms with E-state index >= 15 is 0 Å². The molecule has 0 saturated carbocycles. The lowest BCUT2D eigenvalue weighted by molar-refractivity contribution is -0.149. The Bertz CT molecular complexity index is 1280. The third-order valence-electron chi connectivity index (χ3n) is 7.70. The molecule has 0 aliphatic carbocycles. The summed E-state index contributed by atoms with van der Waals surface area (Å²) in [7, 11) is 0. The maximum absolute atomic E-state index is 14.4. The molecule has 0 radical (unpaired) electrons. The van der Waals surface area contributed by atoms with Crippen molar-refractivity contribution in [1.82, 2.24) is 25.0 Å². The molecular weight excluding hydrogens is 529 g/mol. The van der Waals surface area contributed by atoms with E-state index < -0.39 is 18.2 Å². The summed E-state index contributed by atoms with van der Waals surface area (Å²) in [5.41, 5.74) is 0.661. The van der Waals surface area contributed by atoms with E-state index in [-0.39, 0.29) is 53.6 Å². The van der Waals surface area contributed by atoms with Crippen LogP contribution in [0, 0.1) is 11.2 Å². The fraction of sp³-hybridized carbons (Fsp3) is 0.533. The van der Waals surface area contributed by atoms with Gasteiger partial charge >= 0.3 is 0 Å². The van der Waals surface area contributed by atoms with Crippen LogP contribution in [-0.2, 0) is 20.9 Å². The molecule has 3 aliphatic rings. The van der Waals surface area contributed by atoms with Gasteiger partial charge in [-0.05, 0) is 23.6 Å². The summed E-state index contributed by atoms with van der Waals surface area (Å²) in [6, 6.07) is 9.03. The van der Waals surface area contributed by atoms with Gasteiger partial charge in [0.1, 0.15) is 24.6 Å². The highest BCUT2D eigenvalue weighted by Crippen LogP contribution is 2.24. The zero-order valence-electron chi connectivity index (χ0n) is 23.8. The number of benzene rings is 1. The molecule has 220 valence electrons. The Morgan fingerprint density at radius 3 is 2.68 bits per heavy atom. The van der Waals surface area contributed by atoms with E-state index in [0.29, 0.717) is 51.3 Å². The molecular formula is C30H38FN5O5. The van der Waals surface area contributed by atoms with Gasteiger partial charge in [0, 0.05) is 57.4 Å². The third kappa shape index (κ3) is 7.02. The number of hydrogen-bond donors (Lipinski definition) is 1. The number of amides is 3. The number of likely N-dealkylation sites (tertiary alicyclic amines) is 1. The van der Waals surface area contributed by atoms with Gasteiger partial charge in [-0.1, -0.05) is 39.0 Å². The van der Waals surface area contributed by atoms with Crippen molar-refractivity contribution in [3.63, 3.8) is 0 Å². The number of rotatable bonds is 3. The van der Waals surface area contributed by atoms with E-state index in [4.69, 9.17) is 9.47 Å². The summed E-state index contributed by atoms with van der Waals surface area (Å²) in [4.78, 5) is 49.6. The number of fused-ring (bicyclic) bond motifs is 3. The lowest BCUT2D eigenvalue weighted by Gasteiger charge is -2.42. The minimum atomic E-state index is -0.482. The minimum absolute atomic E-state index is 0.0328. The molecule has 11 heteroatoms. The predicted molar refractivity (Wildman–Crippen MR) is 149 cm³/mol. The molecule has 1 aromatic heterocycles. The summed E-state index contributed by atoms with van der Waals surface area (Å²) in [6.07, 6.45) is 1.46. The molecule has 1 N–H and O–H groups in total. The Hall–Kier alpha value is -3.57. The van der Waals surface area contributed by atoms with E-state index in [1.165, 1.54) is 6.07 Å². The van der Waals surface area contributed by atoms with Crippen LogP contribution in [0.4, 0.5) is 4.39 Å². The van der Waals surface area contributed by atoms with Gasteiger partial charge in [-0.3, -0.25) is 19.3 Å². The maximum atomic E-state index is 14.4. The number of aromatic nitrogens is 1. The van der Waals surface area contributed by atoms with Gasteiger partial charge in [0.25, 0.3) is 5.91 Å². The van der Waals surface area contributed by atoms with Crippen molar-refractivity contribution in [2.24, 2.45) is 5.41 Å². The molecule has 3 atom stereocenters. The van der Waals surface area contributed by atoms with Crippen LogP contribution in [0.5, 0.6) is 5.88 Å². The van der Waals surface area contributed by atoms with E-state index in [1.807, 2.05) is 25.7 Å². The average Bonchev–Trinajstić information content (AvgIpc) is 3.31. The highest BCUT2D eigenvalue weighted by Gasteiger charge is 2.39. The summed E-state index contributed by atoms with van der Waals surface area (Å²) in [6.45, 7) is 8.24. The van der Waals surface area contributed by atoms with Crippen molar-refractivity contribution in [2.45, 2.75) is 51.9 Å². The number of nitrogens with one attached hydrogen (secondary N) is 1. The Morgan fingerprint density at radius 2 is 1.90 bits per heavy atom. The van der Waals surface area contributed by atoms with Gasteiger partial charge < -0.3 is 24.6 Å². The van der Waals surface area contributed by atoms with Crippen LogP contribution in [0.15, 0.2) is 42.6 Å². The van der Waals surface area contributed by atoms with Gasteiger partial charge in [-0.2, -0.15) is 0 Å². The van der Waals surface area contributed by atoms with E-state index in [9.17, 15) is 18.8 Å². The zero-order valence-corrected chi connectivity index (χ0v) is 23.8. The first-order chi connectivity index (χ1) is 19.6. The maximum Gasteiger partial charge on any atom is 0.257 e. The number of hydrogen-bond acceptors (Lipinski definition) is 7. The number of ether oxygens (including phenoxy) is 2. The summed E-state index contributed by atoms with van der Waals surface area (Å²) in [5, 5.41) is 3.03. The fourth-order valence-electron chi connectivity index (χ4n) is 5.64. The highest BCUT2D eigenvalue weighted by molar-refractivity contribution is 5.96. The second-order valence-electron chi connectivity index (χ2n) is 12.2. The number of pyridine rings is 1. The lowest BCUT2D eigenvalue weighted by atomic mass is 9.91. The van der Waals surface area contributed by atoms with Gasteiger partial charge in [-0.25, -0.2) is 9.37 Å². The van der Waals surface area contributed by atoms with E-state index in [2.05, 4.69) is 10.3 Å². The number of halogens is 1. The highest BCUT2D eigenvalue weighted by atomic mass is 19.1. The van der Waals surface area contributed by atoms with Gasteiger partial charge in [0.05, 0.1) is 18.2 Å². The molecule has 2 fully saturated rings. The van der Waals surface area contributed by atoms with Crippen LogP contribution in [0.1, 0.15) is 43.1 Å². The van der Waals surface area contributed by atoms with Crippen molar-refractivity contribution in [2.75, 3.05) is 45.9 Å². The van der Waals surface area contributed by atoms with Crippen molar-refractivity contribution in [1.29, 1.82) is 0 Å². The molecule has 2 aromatic rings. The van der Waals surface area contributed by atoms with Gasteiger partial charge in [0.2, 0.25) is 17.7 Å². The SMILES string of the molecule is CC(C)(C)CC(=O)N1CCN2C(=O)CO[C@H]3CN(Cc4ccccc4F)C[C@H]3NC(=O)c3cccnc3OC[C@@H]2C1. The third-order valence-corrected chi connectivity index (χ3v) is 7.70. The number of carbonyl (C=O) groups excluding carboxylic acids is 3. The number of nitrogens with zero attached hydrogens (tertiary/aromatic N) is 4. The smallest absolute Gasteiger partial charge is 0.257 e. The van der Waals surface area contributed by atoms with Gasteiger partial charge in [0.15, 0.2) is 0 Å². The van der Waals surface area contributed by atoms with Crippen molar-refractivity contribution >= 4 is 17.7 Å². The molecule has 3 aliphatic heterocycles. The summed E-state index contributed by atoms with van der Waals surface area (Å²) < 4.78 is 26.5. The Labute approximate surface area is 239 Å². The topological polar surface area (TPSA) is 104 Å². The van der Waals surface area contributed by atoms with Crippen LogP contribution in [0.3, 0.4) is 0 Å². The molecule has 0 spiro atoms. The standard InChI is InChI=1S/C30H38FN5O5/c1-30(2,3)13-26(37)35-11-12-36-21(15-35)18-41-29-22(8-6-10-32-29)28(39)33-24-16-34(17-25(24)40-19-27(36)38)14-20-7-4-5-9-23(20)31/h4-10,21,24-25H,11-19H2,1-3H3,(H,33,39)/t21-,24+,25-/m0/s1. The fourth-order valence-corrected chi connectivity index (χ4v) is 5.64. The van der Waals surface area contributed by atoms with E-state index in [0.717, 1.165) is 0 Å². The Kier molecular flexibility index (Phi) is 8.55. The van der Waals surface area contributed by atoms with Crippen LogP contribution >= 0.6 is 0 Å². The number of piperazine rings is 1. The quantitative estimate of drug-likeness (QED) is 0.606. The predicted octanol–water partition coefficient (Wildman–Crippen LogP) is 2.09. The average molecular weight is 568 g/mol. The first-order valence-electron chi connectivity index (χ1n) is 14.1. The van der Waals surface area contributed by atoms with E-state index in [1.54, 1.807) is 46.3 Å². The number of carbonyl (C=O) groups is 3. The molecule has 41 heavy (non-hydrogen) atoms. The molecule has 5 rings (SSSR count). The minimum Gasteiger partial charge on any atom is -0.475 e. The summed E-state index contributed by atoms with van der Waals surface area (Å²) in [5.74, 6) is -0.677. The van der Waals surface area contributed by atoms with Gasteiger partial charge in [-0.15, -0.1) is 0 Å². The lowest BCUT2D eigenvalue weighted by Crippen LogP contribution is -2.59. The molecule has 0 unspecified atom stereocenters. The first-order valence-corrected chi connectivity index (χ1v) is 14.1.